The van der Waals surface area contributed by atoms with Crippen molar-refractivity contribution in [1.82, 2.24) is 0 Å². The Balaban J connectivity index is 2.88. The number of benzene rings is 1. The molecule has 0 spiro atoms. The summed E-state index contributed by atoms with van der Waals surface area (Å²) in [7, 11) is 0. The Labute approximate surface area is 90.8 Å². The van der Waals surface area contributed by atoms with Crippen LogP contribution in [0.25, 0.3) is 0 Å². The summed E-state index contributed by atoms with van der Waals surface area (Å²) in [6, 6.07) is 3.87. The molecule has 0 radical (unpaired) electrons. The maximum Gasteiger partial charge on any atom is 0.240 e. The van der Waals surface area contributed by atoms with E-state index < -0.39 is 18.9 Å². The predicted octanol–water partition coefficient (Wildman–Crippen LogP) is 3.65. The van der Waals surface area contributed by atoms with Gasteiger partial charge in [-0.05, 0) is 23.8 Å². The van der Waals surface area contributed by atoms with E-state index in [0.717, 1.165) is 0 Å². The van der Waals surface area contributed by atoms with E-state index in [4.69, 9.17) is 28.9 Å². The maximum absolute atomic E-state index is 12.0. The van der Waals surface area contributed by atoms with Gasteiger partial charge in [-0.15, -0.1) is 0 Å². The first kappa shape index (κ1) is 11.7. The number of hydrogen-bond donors (Lipinski definition) is 1. The molecule has 14 heavy (non-hydrogen) atoms. The minimum Gasteiger partial charge on any atom is -0.324 e. The third kappa shape index (κ3) is 3.08. The zero-order chi connectivity index (χ0) is 10.7. The summed E-state index contributed by atoms with van der Waals surface area (Å²) in [4.78, 5) is 0. The van der Waals surface area contributed by atoms with Gasteiger partial charge in [0.2, 0.25) is 6.43 Å². The van der Waals surface area contributed by atoms with Crippen LogP contribution in [0.3, 0.4) is 0 Å². The molecule has 0 aromatic heterocycles. The van der Waals surface area contributed by atoms with Crippen molar-refractivity contribution in [3.63, 3.8) is 0 Å². The van der Waals surface area contributed by atoms with E-state index in [1.165, 1.54) is 6.07 Å². The standard InChI is InChI=1S/C9H9Cl2F2N/c10-5-1-2-7(11)6(3-5)8(14)4-9(12)13/h1-3,8-9H,4,14H2/t8-/m1/s1. The predicted molar refractivity (Wildman–Crippen MR) is 54.0 cm³/mol. The Kier molecular flexibility index (Phi) is 4.11. The molecule has 0 amide bonds. The molecule has 0 fully saturated rings. The van der Waals surface area contributed by atoms with Crippen LogP contribution < -0.4 is 5.73 Å². The molecule has 0 aliphatic rings. The molecule has 0 saturated heterocycles. The summed E-state index contributed by atoms with van der Waals surface area (Å²) in [5.41, 5.74) is 6.00. The third-order valence-corrected chi connectivity index (χ3v) is 2.37. The Morgan fingerprint density at radius 3 is 2.50 bits per heavy atom. The average Bonchev–Trinajstić information content (AvgIpc) is 2.08. The second kappa shape index (κ2) is 4.91. The molecule has 0 unspecified atom stereocenters. The highest BCUT2D eigenvalue weighted by Crippen LogP contribution is 2.28. The summed E-state index contributed by atoms with van der Waals surface area (Å²) in [5, 5.41) is 0.802. The van der Waals surface area contributed by atoms with Crippen LogP contribution >= 0.6 is 23.2 Å². The third-order valence-electron chi connectivity index (χ3n) is 1.79. The molecular formula is C9H9Cl2F2N. The van der Waals surface area contributed by atoms with E-state index in [0.29, 0.717) is 15.6 Å². The fourth-order valence-corrected chi connectivity index (χ4v) is 1.56. The smallest absolute Gasteiger partial charge is 0.240 e. The Bertz CT molecular complexity index is 318. The molecule has 0 aliphatic heterocycles. The van der Waals surface area contributed by atoms with Crippen LogP contribution in [0.1, 0.15) is 18.0 Å². The molecule has 0 aliphatic carbocycles. The van der Waals surface area contributed by atoms with E-state index in [2.05, 4.69) is 0 Å². The largest absolute Gasteiger partial charge is 0.324 e. The molecule has 78 valence electrons. The topological polar surface area (TPSA) is 26.0 Å². The molecule has 1 rings (SSSR count). The first-order valence-electron chi connectivity index (χ1n) is 3.99. The first-order valence-corrected chi connectivity index (χ1v) is 4.75. The van der Waals surface area contributed by atoms with Gasteiger partial charge in [-0.3, -0.25) is 0 Å². The van der Waals surface area contributed by atoms with Crippen molar-refractivity contribution in [3.8, 4) is 0 Å². The highest BCUT2D eigenvalue weighted by molar-refractivity contribution is 6.33. The molecule has 1 nitrogen and oxygen atoms in total. The van der Waals surface area contributed by atoms with E-state index in [1.807, 2.05) is 0 Å². The highest BCUT2D eigenvalue weighted by atomic mass is 35.5. The van der Waals surface area contributed by atoms with Crippen LogP contribution in [0.2, 0.25) is 10.0 Å². The highest BCUT2D eigenvalue weighted by Gasteiger charge is 2.15. The van der Waals surface area contributed by atoms with Gasteiger partial charge in [-0.1, -0.05) is 23.2 Å². The summed E-state index contributed by atoms with van der Waals surface area (Å²) >= 11 is 11.5. The van der Waals surface area contributed by atoms with Crippen molar-refractivity contribution in [2.45, 2.75) is 18.9 Å². The zero-order valence-electron chi connectivity index (χ0n) is 7.18. The van der Waals surface area contributed by atoms with Gasteiger partial charge in [0.15, 0.2) is 0 Å². The SMILES string of the molecule is N[C@H](CC(F)F)c1cc(Cl)ccc1Cl. The van der Waals surface area contributed by atoms with Gasteiger partial charge >= 0.3 is 0 Å². The molecule has 0 heterocycles. The van der Waals surface area contributed by atoms with Crippen molar-refractivity contribution in [2.24, 2.45) is 5.73 Å². The van der Waals surface area contributed by atoms with Gasteiger partial charge in [-0.25, -0.2) is 8.78 Å². The Morgan fingerprint density at radius 1 is 1.29 bits per heavy atom. The molecule has 1 atom stereocenters. The van der Waals surface area contributed by atoms with E-state index in [9.17, 15) is 8.78 Å². The molecular weight excluding hydrogens is 231 g/mol. The van der Waals surface area contributed by atoms with Gasteiger partial charge in [0.05, 0.1) is 0 Å². The normalized spacial score (nSPS) is 13.3. The number of rotatable bonds is 3. The minimum atomic E-state index is -2.44. The maximum atomic E-state index is 12.0. The number of nitrogens with two attached hydrogens (primary N) is 1. The zero-order valence-corrected chi connectivity index (χ0v) is 8.69. The molecule has 1 aromatic carbocycles. The summed E-state index contributed by atoms with van der Waals surface area (Å²) in [6.45, 7) is 0. The quantitative estimate of drug-likeness (QED) is 0.857. The van der Waals surface area contributed by atoms with Crippen LogP contribution in [0, 0.1) is 0 Å². The lowest BCUT2D eigenvalue weighted by Gasteiger charge is -2.13. The Morgan fingerprint density at radius 2 is 1.93 bits per heavy atom. The van der Waals surface area contributed by atoms with Crippen LogP contribution in [0.5, 0.6) is 0 Å². The Hall–Kier alpha value is -0.380. The van der Waals surface area contributed by atoms with Gasteiger partial charge in [0.1, 0.15) is 0 Å². The van der Waals surface area contributed by atoms with E-state index >= 15 is 0 Å². The van der Waals surface area contributed by atoms with Crippen molar-refractivity contribution in [2.75, 3.05) is 0 Å². The number of halogens is 4. The van der Waals surface area contributed by atoms with Crippen LogP contribution in [-0.4, -0.2) is 6.43 Å². The van der Waals surface area contributed by atoms with Gasteiger partial charge < -0.3 is 5.73 Å². The van der Waals surface area contributed by atoms with Crippen molar-refractivity contribution < 1.29 is 8.78 Å². The number of hydrogen-bond acceptors (Lipinski definition) is 1. The monoisotopic (exact) mass is 239 g/mol. The fraction of sp³-hybridized carbons (Fsp3) is 0.333. The lowest BCUT2D eigenvalue weighted by molar-refractivity contribution is 0.128. The summed E-state index contributed by atoms with van der Waals surface area (Å²) in [6.07, 6.45) is -2.86. The molecule has 2 N–H and O–H groups in total. The average molecular weight is 240 g/mol. The molecule has 1 aromatic rings. The molecule has 0 bridgehead atoms. The van der Waals surface area contributed by atoms with Crippen LogP contribution in [0.4, 0.5) is 8.78 Å². The molecule has 5 heteroatoms. The van der Waals surface area contributed by atoms with Crippen molar-refractivity contribution in [3.05, 3.63) is 33.8 Å². The van der Waals surface area contributed by atoms with Crippen LogP contribution in [-0.2, 0) is 0 Å². The summed E-state index contributed by atoms with van der Waals surface area (Å²) < 4.78 is 24.1. The van der Waals surface area contributed by atoms with Gasteiger partial charge in [0.25, 0.3) is 0 Å². The van der Waals surface area contributed by atoms with E-state index in [-0.39, 0.29) is 0 Å². The van der Waals surface area contributed by atoms with Crippen molar-refractivity contribution in [1.29, 1.82) is 0 Å². The lowest BCUT2D eigenvalue weighted by Crippen LogP contribution is -2.14. The van der Waals surface area contributed by atoms with Crippen LogP contribution in [0.15, 0.2) is 18.2 Å². The lowest BCUT2D eigenvalue weighted by atomic mass is 10.1. The first-order chi connectivity index (χ1) is 6.50. The van der Waals surface area contributed by atoms with Gasteiger partial charge in [0, 0.05) is 22.5 Å². The fourth-order valence-electron chi connectivity index (χ4n) is 1.12. The summed E-state index contributed by atoms with van der Waals surface area (Å²) in [5.74, 6) is 0. The van der Waals surface area contributed by atoms with Crippen molar-refractivity contribution >= 4 is 23.2 Å². The second-order valence-electron chi connectivity index (χ2n) is 2.90. The second-order valence-corrected chi connectivity index (χ2v) is 3.74. The minimum absolute atomic E-state index is 0.363. The number of alkyl halides is 2. The molecule has 0 saturated carbocycles. The van der Waals surface area contributed by atoms with E-state index in [1.54, 1.807) is 12.1 Å². The van der Waals surface area contributed by atoms with Gasteiger partial charge in [-0.2, -0.15) is 0 Å².